The Morgan fingerprint density at radius 2 is 1.68 bits per heavy atom. The molecule has 1 amide bonds. The average Bonchev–Trinajstić information content (AvgIpc) is 3.26. The first-order chi connectivity index (χ1) is 13.6. The molecule has 0 aliphatic carbocycles. The van der Waals surface area contributed by atoms with Crippen LogP contribution in [0.1, 0.15) is 34.3 Å². The summed E-state index contributed by atoms with van der Waals surface area (Å²) in [4.78, 5) is 23.9. The normalized spacial score (nSPS) is 13.6. The smallest absolute Gasteiger partial charge is 0.255 e. The number of nitrogens with one attached hydrogen (secondary N) is 1. The van der Waals surface area contributed by atoms with E-state index in [4.69, 9.17) is 0 Å². The second-order valence-corrected chi connectivity index (χ2v) is 7.30. The van der Waals surface area contributed by atoms with Crippen molar-refractivity contribution in [2.45, 2.75) is 26.7 Å². The first-order valence-corrected chi connectivity index (χ1v) is 9.66. The van der Waals surface area contributed by atoms with E-state index in [-0.39, 0.29) is 5.91 Å². The van der Waals surface area contributed by atoms with Gasteiger partial charge in [0, 0.05) is 42.3 Å². The van der Waals surface area contributed by atoms with Crippen LogP contribution >= 0.6 is 0 Å². The van der Waals surface area contributed by atoms with Crippen LogP contribution in [0.15, 0.2) is 54.9 Å². The second-order valence-electron chi connectivity index (χ2n) is 7.30. The third kappa shape index (κ3) is 3.88. The molecule has 0 atom stereocenters. The summed E-state index contributed by atoms with van der Waals surface area (Å²) in [7, 11) is 0. The van der Waals surface area contributed by atoms with Crippen LogP contribution in [0.2, 0.25) is 0 Å². The Bertz CT molecular complexity index is 992. The van der Waals surface area contributed by atoms with Crippen LogP contribution in [-0.4, -0.2) is 29.0 Å². The van der Waals surface area contributed by atoms with Crippen molar-refractivity contribution in [2.75, 3.05) is 23.3 Å². The highest BCUT2D eigenvalue weighted by atomic mass is 16.1. The van der Waals surface area contributed by atoms with Gasteiger partial charge < -0.3 is 10.2 Å². The summed E-state index contributed by atoms with van der Waals surface area (Å²) in [6.45, 7) is 6.14. The molecular weight excluding hydrogens is 348 g/mol. The molecule has 5 heteroatoms. The molecule has 1 saturated heterocycles. The van der Waals surface area contributed by atoms with Gasteiger partial charge in [-0.2, -0.15) is 0 Å². The van der Waals surface area contributed by atoms with E-state index in [0.29, 0.717) is 5.56 Å². The zero-order valence-corrected chi connectivity index (χ0v) is 16.3. The number of nitrogens with zero attached hydrogens (tertiary/aromatic N) is 3. The summed E-state index contributed by atoms with van der Waals surface area (Å²) in [6.07, 6.45) is 6.06. The summed E-state index contributed by atoms with van der Waals surface area (Å²) in [6, 6.07) is 13.5. The first-order valence-electron chi connectivity index (χ1n) is 9.66. The van der Waals surface area contributed by atoms with E-state index in [2.05, 4.69) is 27.1 Å². The minimum Gasteiger partial charge on any atom is -0.341 e. The van der Waals surface area contributed by atoms with Gasteiger partial charge in [-0.1, -0.05) is 18.2 Å². The molecule has 3 aromatic rings. The van der Waals surface area contributed by atoms with Gasteiger partial charge in [-0.05, 0) is 67.6 Å². The number of anilines is 2. The van der Waals surface area contributed by atoms with Crippen molar-refractivity contribution in [3.63, 3.8) is 0 Å². The zero-order valence-electron chi connectivity index (χ0n) is 16.3. The van der Waals surface area contributed by atoms with Crippen molar-refractivity contribution in [1.82, 2.24) is 9.97 Å². The van der Waals surface area contributed by atoms with Crippen LogP contribution in [0.5, 0.6) is 0 Å². The van der Waals surface area contributed by atoms with E-state index >= 15 is 0 Å². The summed E-state index contributed by atoms with van der Waals surface area (Å²) in [5.74, 6) is 0.657. The Hall–Kier alpha value is -3.21. The molecule has 1 N–H and O–H groups in total. The number of amides is 1. The maximum Gasteiger partial charge on any atom is 0.255 e. The lowest BCUT2D eigenvalue weighted by Crippen LogP contribution is -2.20. The number of hydrogen-bond donors (Lipinski definition) is 1. The maximum atomic E-state index is 12.7. The average molecular weight is 372 g/mol. The van der Waals surface area contributed by atoms with Crippen LogP contribution in [-0.2, 0) is 0 Å². The number of benzene rings is 2. The van der Waals surface area contributed by atoms with Gasteiger partial charge >= 0.3 is 0 Å². The highest BCUT2D eigenvalue weighted by molar-refractivity contribution is 6.05. The van der Waals surface area contributed by atoms with Gasteiger partial charge in [-0.3, -0.25) is 4.79 Å². The lowest BCUT2D eigenvalue weighted by molar-refractivity contribution is 0.102. The fourth-order valence-corrected chi connectivity index (χ4v) is 3.41. The third-order valence-corrected chi connectivity index (χ3v) is 5.25. The quantitative estimate of drug-likeness (QED) is 0.726. The largest absolute Gasteiger partial charge is 0.341 e. The van der Waals surface area contributed by atoms with Crippen LogP contribution in [0.4, 0.5) is 11.6 Å². The van der Waals surface area contributed by atoms with Gasteiger partial charge in [-0.15, -0.1) is 0 Å². The molecule has 142 valence electrons. The molecule has 1 aliphatic rings. The molecule has 1 aliphatic heterocycles. The van der Waals surface area contributed by atoms with Crippen molar-refractivity contribution in [1.29, 1.82) is 0 Å². The standard InChI is InChI=1S/C23H24N4O/c1-16-8-9-21(12-17(16)2)26-22(28)19-7-5-6-18(13-19)20-14-24-23(25-15-20)27-10-3-4-11-27/h5-9,12-15H,3-4,10-11H2,1-2H3,(H,26,28). The summed E-state index contributed by atoms with van der Waals surface area (Å²) in [5.41, 5.74) is 5.61. The molecule has 4 rings (SSSR count). The Morgan fingerprint density at radius 3 is 2.39 bits per heavy atom. The Balaban J connectivity index is 1.52. The van der Waals surface area contributed by atoms with Crippen molar-refractivity contribution in [3.05, 3.63) is 71.5 Å². The van der Waals surface area contributed by atoms with Gasteiger partial charge in [0.1, 0.15) is 0 Å². The van der Waals surface area contributed by atoms with Crippen molar-refractivity contribution >= 4 is 17.5 Å². The summed E-state index contributed by atoms with van der Waals surface area (Å²) >= 11 is 0. The topological polar surface area (TPSA) is 58.1 Å². The predicted molar refractivity (Wildman–Crippen MR) is 113 cm³/mol. The van der Waals surface area contributed by atoms with E-state index in [1.807, 2.05) is 61.8 Å². The number of rotatable bonds is 4. The minimum absolute atomic E-state index is 0.125. The third-order valence-electron chi connectivity index (χ3n) is 5.25. The summed E-state index contributed by atoms with van der Waals surface area (Å²) in [5, 5.41) is 2.97. The molecule has 1 aromatic heterocycles. The van der Waals surface area contributed by atoms with Crippen LogP contribution in [0, 0.1) is 13.8 Å². The monoisotopic (exact) mass is 372 g/mol. The molecule has 0 saturated carbocycles. The van der Waals surface area contributed by atoms with Crippen LogP contribution in [0.3, 0.4) is 0 Å². The Morgan fingerprint density at radius 1 is 0.929 bits per heavy atom. The molecule has 2 aromatic carbocycles. The molecule has 0 bridgehead atoms. The molecule has 0 spiro atoms. The number of hydrogen-bond acceptors (Lipinski definition) is 4. The lowest BCUT2D eigenvalue weighted by Gasteiger charge is -2.14. The fourth-order valence-electron chi connectivity index (χ4n) is 3.41. The van der Waals surface area contributed by atoms with E-state index in [0.717, 1.165) is 41.4 Å². The van der Waals surface area contributed by atoms with Gasteiger partial charge in [0.15, 0.2) is 0 Å². The van der Waals surface area contributed by atoms with E-state index in [1.165, 1.54) is 18.4 Å². The SMILES string of the molecule is Cc1ccc(NC(=O)c2cccc(-c3cnc(N4CCCC4)nc3)c2)cc1C. The Labute approximate surface area is 165 Å². The van der Waals surface area contributed by atoms with Gasteiger partial charge in [-0.25, -0.2) is 9.97 Å². The number of carbonyl (C=O) groups is 1. The van der Waals surface area contributed by atoms with Crippen molar-refractivity contribution in [2.24, 2.45) is 0 Å². The molecule has 1 fully saturated rings. The summed E-state index contributed by atoms with van der Waals surface area (Å²) < 4.78 is 0. The van der Waals surface area contributed by atoms with E-state index in [1.54, 1.807) is 0 Å². The number of aromatic nitrogens is 2. The predicted octanol–water partition coefficient (Wildman–Crippen LogP) is 4.61. The molecule has 5 nitrogen and oxygen atoms in total. The van der Waals surface area contributed by atoms with E-state index in [9.17, 15) is 4.79 Å². The Kier molecular flexibility index (Phi) is 5.06. The highest BCUT2D eigenvalue weighted by Gasteiger charge is 2.15. The molecular formula is C23H24N4O. The maximum absolute atomic E-state index is 12.7. The van der Waals surface area contributed by atoms with Crippen LogP contribution < -0.4 is 10.2 Å². The fraction of sp³-hybridized carbons (Fsp3) is 0.261. The minimum atomic E-state index is -0.125. The van der Waals surface area contributed by atoms with E-state index < -0.39 is 0 Å². The molecule has 0 radical (unpaired) electrons. The van der Waals surface area contributed by atoms with Gasteiger partial charge in [0.25, 0.3) is 5.91 Å². The van der Waals surface area contributed by atoms with Gasteiger partial charge in [0.2, 0.25) is 5.95 Å². The molecule has 28 heavy (non-hydrogen) atoms. The van der Waals surface area contributed by atoms with Gasteiger partial charge in [0.05, 0.1) is 0 Å². The zero-order chi connectivity index (χ0) is 19.5. The van der Waals surface area contributed by atoms with Crippen molar-refractivity contribution < 1.29 is 4.79 Å². The molecule has 2 heterocycles. The number of aryl methyl sites for hydroxylation is 2. The second kappa shape index (κ2) is 7.80. The highest BCUT2D eigenvalue weighted by Crippen LogP contribution is 2.22. The number of carbonyl (C=O) groups excluding carboxylic acids is 1. The van der Waals surface area contributed by atoms with Crippen molar-refractivity contribution in [3.8, 4) is 11.1 Å². The molecule has 0 unspecified atom stereocenters. The lowest BCUT2D eigenvalue weighted by atomic mass is 10.1. The van der Waals surface area contributed by atoms with Crippen LogP contribution in [0.25, 0.3) is 11.1 Å². The first kappa shape index (κ1) is 18.2.